The van der Waals surface area contributed by atoms with Crippen molar-refractivity contribution in [2.75, 3.05) is 20.0 Å². The number of aromatic carboxylic acids is 1. The lowest BCUT2D eigenvalue weighted by molar-refractivity contribution is 0.0686. The lowest BCUT2D eigenvalue weighted by Crippen LogP contribution is -2.01. The number of hydrogen-bond acceptors (Lipinski definition) is 6. The van der Waals surface area contributed by atoms with Crippen molar-refractivity contribution in [1.82, 2.24) is 5.16 Å². The Labute approximate surface area is 108 Å². The molecule has 0 unspecified atom stereocenters. The van der Waals surface area contributed by atoms with Gasteiger partial charge in [-0.2, -0.15) is 0 Å². The van der Waals surface area contributed by atoms with Crippen LogP contribution in [0, 0.1) is 0 Å². The maximum absolute atomic E-state index is 11.1. The number of methoxy groups -OCH3 is 2. The average molecular weight is 264 g/mol. The van der Waals surface area contributed by atoms with Gasteiger partial charge in [0.2, 0.25) is 11.6 Å². The Balaban J connectivity index is 2.65. The Morgan fingerprint density at radius 2 is 2.11 bits per heavy atom. The fourth-order valence-electron chi connectivity index (χ4n) is 1.71. The number of nitrogens with two attached hydrogens (primary N) is 1. The normalized spacial score (nSPS) is 10.2. The van der Waals surface area contributed by atoms with E-state index in [0.717, 1.165) is 0 Å². The number of ether oxygens (including phenoxy) is 2. The second-order valence-electron chi connectivity index (χ2n) is 3.64. The molecule has 0 atom stereocenters. The molecule has 19 heavy (non-hydrogen) atoms. The van der Waals surface area contributed by atoms with E-state index < -0.39 is 5.97 Å². The molecule has 0 aliphatic heterocycles. The van der Waals surface area contributed by atoms with Crippen LogP contribution in [0.3, 0.4) is 0 Å². The number of aromatic nitrogens is 1. The number of anilines is 1. The maximum atomic E-state index is 11.1. The first-order valence-corrected chi connectivity index (χ1v) is 5.29. The quantitative estimate of drug-likeness (QED) is 0.864. The van der Waals surface area contributed by atoms with E-state index in [0.29, 0.717) is 17.1 Å². The zero-order valence-electron chi connectivity index (χ0n) is 10.3. The maximum Gasteiger partial charge on any atom is 0.358 e. The summed E-state index contributed by atoms with van der Waals surface area (Å²) in [7, 11) is 2.98. The molecular weight excluding hydrogens is 252 g/mol. The summed E-state index contributed by atoms with van der Waals surface area (Å²) in [4.78, 5) is 11.1. The lowest BCUT2D eigenvalue weighted by atomic mass is 10.0. The van der Waals surface area contributed by atoms with Gasteiger partial charge in [-0.1, -0.05) is 5.16 Å². The topological polar surface area (TPSA) is 108 Å². The fourth-order valence-corrected chi connectivity index (χ4v) is 1.71. The first-order valence-electron chi connectivity index (χ1n) is 5.29. The molecule has 2 rings (SSSR count). The minimum absolute atomic E-state index is 0.0825. The summed E-state index contributed by atoms with van der Waals surface area (Å²) in [5.74, 6) is -0.321. The predicted octanol–water partition coefficient (Wildman–Crippen LogP) is 1.64. The summed E-state index contributed by atoms with van der Waals surface area (Å²) in [5.41, 5.74) is 6.02. The number of nitrogen functional groups attached to an aromatic ring is 1. The molecule has 0 amide bonds. The van der Waals surface area contributed by atoms with Gasteiger partial charge in [0.1, 0.15) is 11.5 Å². The minimum Gasteiger partial charge on any atom is -0.497 e. The van der Waals surface area contributed by atoms with Crippen LogP contribution in [0.5, 0.6) is 11.5 Å². The highest BCUT2D eigenvalue weighted by Crippen LogP contribution is 2.38. The third-order valence-electron chi connectivity index (χ3n) is 2.60. The van der Waals surface area contributed by atoms with E-state index in [1.165, 1.54) is 14.2 Å². The molecule has 0 saturated heterocycles. The SMILES string of the molecule is COc1ccc(-c2c(C(=O)O)noc2N)c(OC)c1. The van der Waals surface area contributed by atoms with Gasteiger partial charge in [-0.05, 0) is 12.1 Å². The van der Waals surface area contributed by atoms with Gasteiger partial charge >= 0.3 is 5.97 Å². The number of rotatable bonds is 4. The van der Waals surface area contributed by atoms with Gasteiger partial charge < -0.3 is 24.8 Å². The van der Waals surface area contributed by atoms with Crippen molar-refractivity contribution < 1.29 is 23.9 Å². The van der Waals surface area contributed by atoms with Crippen LogP contribution in [-0.2, 0) is 0 Å². The van der Waals surface area contributed by atoms with E-state index in [1.807, 2.05) is 0 Å². The summed E-state index contributed by atoms with van der Waals surface area (Å²) in [5, 5.41) is 12.5. The average Bonchev–Trinajstić information content (AvgIpc) is 2.80. The molecule has 1 aromatic heterocycles. The van der Waals surface area contributed by atoms with Gasteiger partial charge in [0.15, 0.2) is 0 Å². The van der Waals surface area contributed by atoms with Crippen LogP contribution < -0.4 is 15.2 Å². The molecule has 2 aromatic rings. The van der Waals surface area contributed by atoms with Crippen LogP contribution in [0.4, 0.5) is 5.88 Å². The molecule has 0 radical (unpaired) electrons. The molecular formula is C12H12N2O5. The van der Waals surface area contributed by atoms with E-state index in [2.05, 4.69) is 5.16 Å². The largest absolute Gasteiger partial charge is 0.497 e. The van der Waals surface area contributed by atoms with E-state index in [1.54, 1.807) is 18.2 Å². The van der Waals surface area contributed by atoms with Crippen LogP contribution in [0.25, 0.3) is 11.1 Å². The number of nitrogens with zero attached hydrogens (tertiary/aromatic N) is 1. The Hall–Kier alpha value is -2.70. The van der Waals surface area contributed by atoms with Crippen molar-refractivity contribution in [3.05, 3.63) is 23.9 Å². The van der Waals surface area contributed by atoms with Gasteiger partial charge in [0.25, 0.3) is 0 Å². The second-order valence-corrected chi connectivity index (χ2v) is 3.64. The van der Waals surface area contributed by atoms with Gasteiger partial charge in [-0.25, -0.2) is 4.79 Å². The fraction of sp³-hybridized carbons (Fsp3) is 0.167. The number of hydrogen-bond donors (Lipinski definition) is 2. The third-order valence-corrected chi connectivity index (χ3v) is 2.60. The monoisotopic (exact) mass is 264 g/mol. The van der Waals surface area contributed by atoms with Crippen molar-refractivity contribution >= 4 is 11.9 Å². The highest BCUT2D eigenvalue weighted by atomic mass is 16.5. The molecule has 3 N–H and O–H groups in total. The van der Waals surface area contributed by atoms with Gasteiger partial charge in [0, 0.05) is 11.6 Å². The van der Waals surface area contributed by atoms with Crippen molar-refractivity contribution in [2.24, 2.45) is 0 Å². The second kappa shape index (κ2) is 4.89. The smallest absolute Gasteiger partial charge is 0.358 e. The lowest BCUT2D eigenvalue weighted by Gasteiger charge is -2.09. The number of carboxylic acids is 1. The zero-order chi connectivity index (χ0) is 14.0. The van der Waals surface area contributed by atoms with E-state index >= 15 is 0 Å². The van der Waals surface area contributed by atoms with Crippen molar-refractivity contribution in [3.8, 4) is 22.6 Å². The van der Waals surface area contributed by atoms with Crippen LogP contribution in [0.15, 0.2) is 22.7 Å². The van der Waals surface area contributed by atoms with Crippen LogP contribution in [0.1, 0.15) is 10.5 Å². The first-order chi connectivity index (χ1) is 9.08. The molecule has 1 aromatic carbocycles. The van der Waals surface area contributed by atoms with E-state index in [4.69, 9.17) is 24.8 Å². The third kappa shape index (κ3) is 2.17. The summed E-state index contributed by atoms with van der Waals surface area (Å²) in [6, 6.07) is 4.91. The zero-order valence-corrected chi connectivity index (χ0v) is 10.3. The summed E-state index contributed by atoms with van der Waals surface area (Å²) in [6.45, 7) is 0. The molecule has 0 bridgehead atoms. The number of carboxylic acid groups (broad SMARTS) is 1. The van der Waals surface area contributed by atoms with E-state index in [-0.39, 0.29) is 17.1 Å². The summed E-state index contributed by atoms with van der Waals surface area (Å²) >= 11 is 0. The highest BCUT2D eigenvalue weighted by Gasteiger charge is 2.24. The standard InChI is InChI=1S/C12H12N2O5/c1-17-6-3-4-7(8(5-6)18-2)9-10(12(15)16)14-19-11(9)13/h3-5H,13H2,1-2H3,(H,15,16). The molecule has 100 valence electrons. The Morgan fingerprint density at radius 1 is 1.37 bits per heavy atom. The van der Waals surface area contributed by atoms with Crippen molar-refractivity contribution in [1.29, 1.82) is 0 Å². The molecule has 7 nitrogen and oxygen atoms in total. The molecule has 0 aliphatic carbocycles. The predicted molar refractivity (Wildman–Crippen MR) is 66.4 cm³/mol. The van der Waals surface area contributed by atoms with Crippen LogP contribution in [0.2, 0.25) is 0 Å². The summed E-state index contributed by atoms with van der Waals surface area (Å²) in [6.07, 6.45) is 0. The van der Waals surface area contributed by atoms with E-state index in [9.17, 15) is 4.79 Å². The van der Waals surface area contributed by atoms with Crippen LogP contribution >= 0.6 is 0 Å². The highest BCUT2D eigenvalue weighted by molar-refractivity contribution is 5.98. The van der Waals surface area contributed by atoms with Crippen molar-refractivity contribution in [2.45, 2.75) is 0 Å². The van der Waals surface area contributed by atoms with Crippen LogP contribution in [-0.4, -0.2) is 30.5 Å². The Morgan fingerprint density at radius 3 is 2.68 bits per heavy atom. The molecule has 0 saturated carbocycles. The first kappa shape index (κ1) is 12.7. The number of carbonyl (C=O) groups is 1. The molecule has 0 fully saturated rings. The Bertz CT molecular complexity index is 621. The molecule has 1 heterocycles. The minimum atomic E-state index is -1.23. The van der Waals surface area contributed by atoms with Crippen molar-refractivity contribution in [3.63, 3.8) is 0 Å². The van der Waals surface area contributed by atoms with Gasteiger partial charge in [-0.3, -0.25) is 0 Å². The Kier molecular flexibility index (Phi) is 3.28. The van der Waals surface area contributed by atoms with Gasteiger partial charge in [0.05, 0.1) is 19.8 Å². The molecule has 0 spiro atoms. The van der Waals surface area contributed by atoms with Gasteiger partial charge in [-0.15, -0.1) is 0 Å². The number of benzene rings is 1. The molecule has 0 aliphatic rings. The summed E-state index contributed by atoms with van der Waals surface area (Å²) < 4.78 is 15.0. The molecule has 7 heteroatoms.